The summed E-state index contributed by atoms with van der Waals surface area (Å²) in [7, 11) is 0. The summed E-state index contributed by atoms with van der Waals surface area (Å²) in [6.07, 6.45) is 1.68. The third-order valence-corrected chi connectivity index (χ3v) is 4.19. The lowest BCUT2D eigenvalue weighted by molar-refractivity contribution is 0.0949. The molecule has 1 N–H and O–H groups in total. The van der Waals surface area contributed by atoms with Crippen LogP contribution < -0.4 is 10.2 Å². The van der Waals surface area contributed by atoms with Crippen LogP contribution in [0.5, 0.6) is 0 Å². The summed E-state index contributed by atoms with van der Waals surface area (Å²) in [6, 6.07) is 7.82. The third kappa shape index (κ3) is 4.10. The van der Waals surface area contributed by atoms with E-state index in [0.717, 1.165) is 10.0 Å². The van der Waals surface area contributed by atoms with Gasteiger partial charge in [-0.2, -0.15) is 0 Å². The second-order valence-corrected chi connectivity index (χ2v) is 6.35. The molecule has 2 heterocycles. The number of pyridine rings is 1. The van der Waals surface area contributed by atoms with Gasteiger partial charge in [0.15, 0.2) is 0 Å². The van der Waals surface area contributed by atoms with Crippen LogP contribution in [0.3, 0.4) is 0 Å². The first kappa shape index (κ1) is 16.9. The number of amides is 1. The number of anilines is 1. The van der Waals surface area contributed by atoms with Crippen LogP contribution >= 0.6 is 15.9 Å². The van der Waals surface area contributed by atoms with Gasteiger partial charge in [0.05, 0.1) is 18.8 Å². The van der Waals surface area contributed by atoms with Crippen molar-refractivity contribution in [3.63, 3.8) is 0 Å². The van der Waals surface area contributed by atoms with E-state index in [9.17, 15) is 9.18 Å². The molecule has 0 spiro atoms. The van der Waals surface area contributed by atoms with Crippen molar-refractivity contribution in [3.05, 3.63) is 57.9 Å². The number of ether oxygens (including phenoxy) is 1. The summed E-state index contributed by atoms with van der Waals surface area (Å²) in [5, 5.41) is 2.86. The van der Waals surface area contributed by atoms with Gasteiger partial charge in [-0.1, -0.05) is 12.1 Å². The zero-order valence-corrected chi connectivity index (χ0v) is 14.6. The Morgan fingerprint density at radius 3 is 2.71 bits per heavy atom. The van der Waals surface area contributed by atoms with Gasteiger partial charge in [-0.3, -0.25) is 4.79 Å². The van der Waals surface area contributed by atoms with E-state index in [4.69, 9.17) is 4.74 Å². The zero-order chi connectivity index (χ0) is 16.9. The molecule has 3 rings (SSSR count). The number of hydrogen-bond acceptors (Lipinski definition) is 4. The fourth-order valence-corrected chi connectivity index (χ4v) is 2.84. The van der Waals surface area contributed by atoms with Crippen LogP contribution in [0.1, 0.15) is 15.9 Å². The van der Waals surface area contributed by atoms with Crippen LogP contribution in [0.25, 0.3) is 0 Å². The summed E-state index contributed by atoms with van der Waals surface area (Å²) < 4.78 is 19.0. The average Bonchev–Trinajstić information content (AvgIpc) is 2.61. The summed E-state index contributed by atoms with van der Waals surface area (Å²) in [4.78, 5) is 19.0. The Morgan fingerprint density at radius 1 is 1.29 bits per heavy atom. The molecular weight excluding hydrogens is 377 g/mol. The zero-order valence-electron chi connectivity index (χ0n) is 13.0. The minimum absolute atomic E-state index is 0.213. The Hall–Kier alpha value is -1.99. The maximum absolute atomic E-state index is 12.9. The molecule has 5 nitrogen and oxygen atoms in total. The first-order valence-corrected chi connectivity index (χ1v) is 8.43. The molecule has 0 bridgehead atoms. The molecule has 0 saturated carbocycles. The van der Waals surface area contributed by atoms with Gasteiger partial charge >= 0.3 is 0 Å². The van der Waals surface area contributed by atoms with Gasteiger partial charge in [0.1, 0.15) is 11.6 Å². The number of aromatic nitrogens is 1. The van der Waals surface area contributed by atoms with Crippen molar-refractivity contribution in [2.45, 2.75) is 6.54 Å². The van der Waals surface area contributed by atoms with Crippen LogP contribution in [0.4, 0.5) is 10.2 Å². The smallest absolute Gasteiger partial charge is 0.255 e. The monoisotopic (exact) mass is 393 g/mol. The molecule has 2 aromatic rings. The van der Waals surface area contributed by atoms with Crippen molar-refractivity contribution < 1.29 is 13.9 Å². The number of carbonyl (C=O) groups excluding carboxylic acids is 1. The SMILES string of the molecule is O=C(NCc1ccc(F)cc1)c1cc(Br)cnc1N1CCOCC1. The maximum Gasteiger partial charge on any atom is 0.255 e. The quantitative estimate of drug-likeness (QED) is 0.867. The molecule has 0 unspecified atom stereocenters. The molecule has 1 fully saturated rings. The highest BCUT2D eigenvalue weighted by molar-refractivity contribution is 9.10. The summed E-state index contributed by atoms with van der Waals surface area (Å²) in [5.41, 5.74) is 1.34. The van der Waals surface area contributed by atoms with Crippen LogP contribution in [0.2, 0.25) is 0 Å². The summed E-state index contributed by atoms with van der Waals surface area (Å²) in [6.45, 7) is 2.97. The topological polar surface area (TPSA) is 54.5 Å². The van der Waals surface area contributed by atoms with Gasteiger partial charge in [0, 0.05) is 30.3 Å². The summed E-state index contributed by atoms with van der Waals surface area (Å²) in [5.74, 6) is 0.142. The van der Waals surface area contributed by atoms with Gasteiger partial charge in [0.25, 0.3) is 5.91 Å². The van der Waals surface area contributed by atoms with Crippen molar-refractivity contribution in [2.75, 3.05) is 31.2 Å². The lowest BCUT2D eigenvalue weighted by Crippen LogP contribution is -2.38. The predicted octanol–water partition coefficient (Wildman–Crippen LogP) is 2.75. The molecule has 7 heteroatoms. The lowest BCUT2D eigenvalue weighted by atomic mass is 10.2. The van der Waals surface area contributed by atoms with Crippen molar-refractivity contribution in [2.24, 2.45) is 0 Å². The first-order valence-electron chi connectivity index (χ1n) is 7.64. The van der Waals surface area contributed by atoms with Crippen molar-refractivity contribution in [1.82, 2.24) is 10.3 Å². The number of carbonyl (C=O) groups is 1. The fourth-order valence-electron chi connectivity index (χ4n) is 2.51. The molecule has 24 heavy (non-hydrogen) atoms. The molecule has 0 radical (unpaired) electrons. The van der Waals surface area contributed by atoms with Crippen LogP contribution in [-0.4, -0.2) is 37.2 Å². The highest BCUT2D eigenvalue weighted by Gasteiger charge is 2.20. The van der Waals surface area contributed by atoms with Gasteiger partial charge in [-0.25, -0.2) is 9.37 Å². The Morgan fingerprint density at radius 2 is 2.00 bits per heavy atom. The minimum Gasteiger partial charge on any atom is -0.378 e. The molecule has 0 atom stereocenters. The van der Waals surface area contributed by atoms with Crippen molar-refractivity contribution in [1.29, 1.82) is 0 Å². The molecule has 0 aliphatic carbocycles. The molecule has 1 aliphatic heterocycles. The number of hydrogen-bond donors (Lipinski definition) is 1. The van der Waals surface area contributed by atoms with Gasteiger partial charge in [-0.05, 0) is 39.7 Å². The van der Waals surface area contributed by atoms with Gasteiger partial charge in [-0.15, -0.1) is 0 Å². The predicted molar refractivity (Wildman–Crippen MR) is 92.5 cm³/mol. The number of halogens is 2. The highest BCUT2D eigenvalue weighted by Crippen LogP contribution is 2.22. The number of rotatable bonds is 4. The average molecular weight is 394 g/mol. The van der Waals surface area contributed by atoms with Crippen molar-refractivity contribution >= 4 is 27.7 Å². The lowest BCUT2D eigenvalue weighted by Gasteiger charge is -2.29. The highest BCUT2D eigenvalue weighted by atomic mass is 79.9. The molecular formula is C17H17BrFN3O2. The Balaban J connectivity index is 1.75. The van der Waals surface area contributed by atoms with E-state index in [2.05, 4.69) is 26.2 Å². The molecule has 1 saturated heterocycles. The second-order valence-electron chi connectivity index (χ2n) is 5.43. The molecule has 126 valence electrons. The Labute approximate surface area is 148 Å². The number of nitrogens with one attached hydrogen (secondary N) is 1. The molecule has 1 amide bonds. The number of benzene rings is 1. The summed E-state index contributed by atoms with van der Waals surface area (Å²) >= 11 is 3.37. The van der Waals surface area contributed by atoms with Crippen LogP contribution in [0, 0.1) is 5.82 Å². The van der Waals surface area contributed by atoms with Gasteiger partial charge < -0.3 is 15.0 Å². The largest absolute Gasteiger partial charge is 0.378 e. The van der Waals surface area contributed by atoms with Crippen LogP contribution in [0.15, 0.2) is 41.0 Å². The number of morpholine rings is 1. The number of nitrogens with zero attached hydrogens (tertiary/aromatic N) is 2. The third-order valence-electron chi connectivity index (χ3n) is 3.75. The second kappa shape index (κ2) is 7.72. The van der Waals surface area contributed by atoms with E-state index < -0.39 is 0 Å². The standard InChI is InChI=1S/C17H17BrFN3O2/c18-13-9-15(16(20-11-13)22-5-7-24-8-6-22)17(23)21-10-12-1-3-14(19)4-2-12/h1-4,9,11H,5-8,10H2,(H,21,23). The van der Waals surface area contributed by atoms with E-state index in [1.165, 1.54) is 12.1 Å². The Bertz CT molecular complexity index is 718. The fraction of sp³-hybridized carbons (Fsp3) is 0.294. The van der Waals surface area contributed by atoms with Crippen molar-refractivity contribution in [3.8, 4) is 0 Å². The minimum atomic E-state index is -0.295. The van der Waals surface area contributed by atoms with E-state index in [1.54, 1.807) is 24.4 Å². The van der Waals surface area contributed by atoms with Crippen LogP contribution in [-0.2, 0) is 11.3 Å². The van der Waals surface area contributed by atoms with E-state index in [-0.39, 0.29) is 11.7 Å². The maximum atomic E-state index is 12.9. The normalized spacial score (nSPS) is 14.5. The van der Waals surface area contributed by atoms with Gasteiger partial charge in [0.2, 0.25) is 0 Å². The molecule has 1 aromatic carbocycles. The van der Waals surface area contributed by atoms with E-state index in [0.29, 0.717) is 44.2 Å². The first-order chi connectivity index (χ1) is 11.6. The molecule has 1 aliphatic rings. The van der Waals surface area contributed by atoms with E-state index >= 15 is 0 Å². The molecule has 1 aromatic heterocycles. The Kier molecular flexibility index (Phi) is 5.42. The van der Waals surface area contributed by atoms with E-state index in [1.807, 2.05) is 4.90 Å².